The average molecular weight is 740 g/mol. The number of nitro benzene ring substituents is 1. The zero-order chi connectivity index (χ0) is 38.2. The standard InChI is InChI=1S/C40H41N3O11/c1-26(51-24-22-27-9-15-31(16-10-27)43(47)48)53-37-36(45)34(54-38(37)42-23-21-35(44)41-39(42)46)25-52-40(28-7-5-4-6-8-28,29-11-17-32(49-2)18-12-29)30-13-19-33(50-3)20-14-30/h4-21,23,26,34,36-38,45H,22,24-25H2,1-3H3,(H,41,44,46)/t26?,34-,36-,37-,38-/m1/s1. The largest absolute Gasteiger partial charge is 0.497 e. The highest BCUT2D eigenvalue weighted by Crippen LogP contribution is 2.43. The van der Waals surface area contributed by atoms with Crippen molar-refractivity contribution in [1.82, 2.24) is 9.55 Å². The molecule has 54 heavy (non-hydrogen) atoms. The van der Waals surface area contributed by atoms with Crippen LogP contribution in [0.4, 0.5) is 5.69 Å². The van der Waals surface area contributed by atoms with Gasteiger partial charge in [0, 0.05) is 24.4 Å². The van der Waals surface area contributed by atoms with Crippen molar-refractivity contribution in [2.24, 2.45) is 0 Å². The summed E-state index contributed by atoms with van der Waals surface area (Å²) in [7, 11) is 3.18. The van der Waals surface area contributed by atoms with Gasteiger partial charge in [0.15, 0.2) is 12.5 Å². The molecule has 0 spiro atoms. The Morgan fingerprint density at radius 3 is 2.02 bits per heavy atom. The quantitative estimate of drug-likeness (QED) is 0.0621. The molecule has 2 heterocycles. The molecular formula is C40H41N3O11. The first-order valence-corrected chi connectivity index (χ1v) is 17.3. The summed E-state index contributed by atoms with van der Waals surface area (Å²) in [5.41, 5.74) is 0.569. The third kappa shape index (κ3) is 8.28. The lowest BCUT2D eigenvalue weighted by Gasteiger charge is -2.37. The van der Waals surface area contributed by atoms with Crippen LogP contribution >= 0.6 is 0 Å². The Bertz CT molecular complexity index is 2060. The second-order valence-corrected chi connectivity index (χ2v) is 12.6. The summed E-state index contributed by atoms with van der Waals surface area (Å²) in [5.74, 6) is 1.31. The van der Waals surface area contributed by atoms with E-state index in [9.17, 15) is 24.8 Å². The SMILES string of the molecule is COc1ccc(C(OC[C@H]2O[C@@H](n3ccc(=O)[nH]c3=O)[C@H](OC(C)OCCc3ccc([N+](=O)[O-])cc3)[C@@H]2O)(c2ccccc2)c2ccc(OC)cc2)cc1. The number of ether oxygens (including phenoxy) is 6. The van der Waals surface area contributed by atoms with Crippen LogP contribution in [0.3, 0.4) is 0 Å². The maximum absolute atomic E-state index is 13.0. The zero-order valence-corrected chi connectivity index (χ0v) is 29.9. The lowest BCUT2D eigenvalue weighted by Crippen LogP contribution is -2.42. The van der Waals surface area contributed by atoms with Crippen molar-refractivity contribution >= 4 is 5.69 Å². The van der Waals surface area contributed by atoms with E-state index in [1.807, 2.05) is 78.9 Å². The highest BCUT2D eigenvalue weighted by molar-refractivity contribution is 5.49. The van der Waals surface area contributed by atoms with Crippen molar-refractivity contribution in [3.63, 3.8) is 0 Å². The lowest BCUT2D eigenvalue weighted by molar-refractivity contribution is -0.384. The number of H-pyrrole nitrogens is 1. The molecule has 1 aliphatic heterocycles. The maximum Gasteiger partial charge on any atom is 0.330 e. The van der Waals surface area contributed by atoms with Gasteiger partial charge in [-0.3, -0.25) is 24.5 Å². The topological polar surface area (TPSA) is 174 Å². The number of nitrogens with zero attached hydrogens (tertiary/aromatic N) is 2. The number of non-ortho nitro benzene ring substituents is 1. The first-order valence-electron chi connectivity index (χ1n) is 17.3. The highest BCUT2D eigenvalue weighted by Gasteiger charge is 2.48. The molecule has 1 aromatic heterocycles. The van der Waals surface area contributed by atoms with Crippen LogP contribution in [0.25, 0.3) is 0 Å². The summed E-state index contributed by atoms with van der Waals surface area (Å²) in [6, 6.07) is 31.9. The molecule has 5 aromatic rings. The summed E-state index contributed by atoms with van der Waals surface area (Å²) in [4.78, 5) is 37.7. The Kier molecular flexibility index (Phi) is 12.0. The van der Waals surface area contributed by atoms with E-state index >= 15 is 0 Å². The minimum absolute atomic E-state index is 0.0114. The number of aromatic nitrogens is 2. The first kappa shape index (κ1) is 38.1. The van der Waals surface area contributed by atoms with Crippen LogP contribution in [0.5, 0.6) is 11.5 Å². The molecule has 1 fully saturated rings. The second kappa shape index (κ2) is 17.0. The molecule has 4 aromatic carbocycles. The molecule has 5 atom stereocenters. The zero-order valence-electron chi connectivity index (χ0n) is 29.9. The summed E-state index contributed by atoms with van der Waals surface area (Å²) >= 11 is 0. The van der Waals surface area contributed by atoms with Crippen LogP contribution < -0.4 is 20.7 Å². The highest BCUT2D eigenvalue weighted by atomic mass is 16.7. The Hall–Kier alpha value is -5.64. The van der Waals surface area contributed by atoms with Crippen molar-refractivity contribution in [3.05, 3.63) is 169 Å². The Morgan fingerprint density at radius 1 is 0.870 bits per heavy atom. The number of rotatable bonds is 16. The summed E-state index contributed by atoms with van der Waals surface area (Å²) in [5, 5.41) is 22.8. The van der Waals surface area contributed by atoms with Gasteiger partial charge in [0.2, 0.25) is 0 Å². The molecule has 0 bridgehead atoms. The molecule has 0 amide bonds. The van der Waals surface area contributed by atoms with Gasteiger partial charge in [-0.05, 0) is 59.9 Å². The summed E-state index contributed by atoms with van der Waals surface area (Å²) < 4.78 is 37.5. The van der Waals surface area contributed by atoms with Crippen molar-refractivity contribution in [2.45, 2.75) is 49.8 Å². The van der Waals surface area contributed by atoms with Crippen LogP contribution in [0.2, 0.25) is 0 Å². The Labute approximate surface area is 310 Å². The molecule has 6 rings (SSSR count). The van der Waals surface area contributed by atoms with E-state index in [0.717, 1.165) is 26.8 Å². The Balaban J connectivity index is 1.29. The van der Waals surface area contributed by atoms with E-state index < -0.39 is 52.6 Å². The molecular weight excluding hydrogens is 698 g/mol. The van der Waals surface area contributed by atoms with Crippen molar-refractivity contribution in [3.8, 4) is 11.5 Å². The summed E-state index contributed by atoms with van der Waals surface area (Å²) in [6.45, 7) is 1.67. The third-order valence-corrected chi connectivity index (χ3v) is 9.31. The van der Waals surface area contributed by atoms with E-state index in [-0.39, 0.29) is 18.9 Å². The number of aromatic amines is 1. The smallest absolute Gasteiger partial charge is 0.330 e. The number of hydrogen-bond donors (Lipinski definition) is 2. The minimum atomic E-state index is -1.32. The third-order valence-electron chi connectivity index (χ3n) is 9.31. The molecule has 14 nitrogen and oxygen atoms in total. The van der Waals surface area contributed by atoms with E-state index in [1.165, 1.54) is 24.4 Å². The number of nitrogens with one attached hydrogen (secondary N) is 1. The van der Waals surface area contributed by atoms with Gasteiger partial charge in [-0.1, -0.05) is 66.7 Å². The van der Waals surface area contributed by atoms with Gasteiger partial charge in [0.25, 0.3) is 11.2 Å². The average Bonchev–Trinajstić information content (AvgIpc) is 3.49. The van der Waals surface area contributed by atoms with E-state index in [4.69, 9.17) is 28.4 Å². The van der Waals surface area contributed by atoms with Gasteiger partial charge >= 0.3 is 5.69 Å². The molecule has 0 saturated carbocycles. The predicted octanol–water partition coefficient (Wildman–Crippen LogP) is 4.72. The molecule has 282 valence electrons. The normalized spacial score (nSPS) is 19.0. The van der Waals surface area contributed by atoms with Crippen LogP contribution in [-0.2, 0) is 31.0 Å². The fourth-order valence-electron chi connectivity index (χ4n) is 6.52. The molecule has 2 N–H and O–H groups in total. The van der Waals surface area contributed by atoms with Gasteiger partial charge in [-0.25, -0.2) is 4.79 Å². The lowest BCUT2D eigenvalue weighted by atomic mass is 9.80. The van der Waals surface area contributed by atoms with Gasteiger partial charge in [-0.2, -0.15) is 0 Å². The molecule has 14 heteroatoms. The van der Waals surface area contributed by atoms with E-state index in [2.05, 4.69) is 4.98 Å². The van der Waals surface area contributed by atoms with Crippen LogP contribution in [0.1, 0.15) is 35.4 Å². The van der Waals surface area contributed by atoms with Gasteiger partial charge in [0.1, 0.15) is 35.4 Å². The Morgan fingerprint density at radius 2 is 1.46 bits per heavy atom. The molecule has 1 aliphatic rings. The summed E-state index contributed by atoms with van der Waals surface area (Å²) in [6.07, 6.45) is -3.82. The van der Waals surface area contributed by atoms with E-state index in [1.54, 1.807) is 33.3 Å². The monoisotopic (exact) mass is 739 g/mol. The minimum Gasteiger partial charge on any atom is -0.497 e. The van der Waals surface area contributed by atoms with Crippen molar-refractivity contribution in [1.29, 1.82) is 0 Å². The van der Waals surface area contributed by atoms with Crippen LogP contribution in [0.15, 0.2) is 125 Å². The van der Waals surface area contributed by atoms with Crippen LogP contribution in [-0.4, -0.2) is 71.6 Å². The first-order chi connectivity index (χ1) is 26.1. The van der Waals surface area contributed by atoms with Crippen LogP contribution in [0, 0.1) is 10.1 Å². The van der Waals surface area contributed by atoms with E-state index in [0.29, 0.717) is 17.9 Å². The molecule has 1 saturated heterocycles. The van der Waals surface area contributed by atoms with Gasteiger partial charge in [-0.15, -0.1) is 0 Å². The number of benzene rings is 4. The molecule has 1 unspecified atom stereocenters. The molecule has 0 radical (unpaired) electrons. The maximum atomic E-state index is 13.0. The van der Waals surface area contributed by atoms with Gasteiger partial charge in [0.05, 0.1) is 32.4 Å². The number of hydrogen-bond acceptors (Lipinski definition) is 11. The number of aliphatic hydroxyl groups is 1. The number of methoxy groups -OCH3 is 2. The second-order valence-electron chi connectivity index (χ2n) is 12.6. The molecule has 0 aliphatic carbocycles. The fraction of sp³-hybridized carbons (Fsp3) is 0.300. The van der Waals surface area contributed by atoms with Gasteiger partial charge < -0.3 is 33.5 Å². The number of nitro groups is 1. The van der Waals surface area contributed by atoms with Crippen molar-refractivity contribution in [2.75, 3.05) is 27.4 Å². The van der Waals surface area contributed by atoms with Crippen molar-refractivity contribution < 1.29 is 38.5 Å². The predicted molar refractivity (Wildman–Crippen MR) is 197 cm³/mol. The fourth-order valence-corrected chi connectivity index (χ4v) is 6.52. The number of aliphatic hydroxyl groups excluding tert-OH is 1.